The Labute approximate surface area is 273 Å². The topological polar surface area (TPSA) is 140 Å². The standard InChI is InChI=1S/C34H42N10O3/c1-4-24-18-32(44(40-24)25-19-35-41(20-25)16-17-45)37-33(46)36-29-13-14-30(28-11-6-5-10-27(28)29)47-26-12-15-31-38-39-34(42(31)21-26)43-22(2)8-7-9-23(43)3/h5-6,10-12,15,18-23,29-30,45H,4,7-9,13-14,16-17H2,1-3H3,(H2,36,37,46). The van der Waals surface area contributed by atoms with Gasteiger partial charge in [0.25, 0.3) is 0 Å². The van der Waals surface area contributed by atoms with Crippen molar-refractivity contribution in [2.45, 2.75) is 90.1 Å². The van der Waals surface area contributed by atoms with Crippen LogP contribution in [0.15, 0.2) is 61.1 Å². The van der Waals surface area contributed by atoms with Crippen molar-refractivity contribution in [3.63, 3.8) is 0 Å². The Morgan fingerprint density at radius 1 is 1.02 bits per heavy atom. The molecule has 5 heterocycles. The quantitative estimate of drug-likeness (QED) is 0.200. The summed E-state index contributed by atoms with van der Waals surface area (Å²) < 4.78 is 12.0. The maximum absolute atomic E-state index is 13.4. The summed E-state index contributed by atoms with van der Waals surface area (Å²) in [4.78, 5) is 15.8. The molecule has 0 radical (unpaired) electrons. The second-order valence-electron chi connectivity index (χ2n) is 12.6. The molecule has 47 heavy (non-hydrogen) atoms. The number of hydrogen-bond donors (Lipinski definition) is 3. The van der Waals surface area contributed by atoms with Crippen molar-refractivity contribution in [3.8, 4) is 11.4 Å². The van der Waals surface area contributed by atoms with Crippen LogP contribution in [-0.2, 0) is 13.0 Å². The minimum atomic E-state index is -0.317. The number of pyridine rings is 1. The zero-order valence-corrected chi connectivity index (χ0v) is 27.1. The van der Waals surface area contributed by atoms with Gasteiger partial charge in [-0.25, -0.2) is 9.48 Å². The molecule has 13 nitrogen and oxygen atoms in total. The van der Waals surface area contributed by atoms with Gasteiger partial charge in [-0.05, 0) is 75.6 Å². The molecule has 13 heteroatoms. The average molecular weight is 639 g/mol. The van der Waals surface area contributed by atoms with Crippen LogP contribution >= 0.6 is 0 Å². The first-order chi connectivity index (χ1) is 22.9. The van der Waals surface area contributed by atoms with E-state index >= 15 is 0 Å². The van der Waals surface area contributed by atoms with E-state index < -0.39 is 0 Å². The first-order valence-corrected chi connectivity index (χ1v) is 16.6. The Morgan fingerprint density at radius 2 is 1.83 bits per heavy atom. The smallest absolute Gasteiger partial charge is 0.320 e. The van der Waals surface area contributed by atoms with Gasteiger partial charge in [-0.15, -0.1) is 10.2 Å². The van der Waals surface area contributed by atoms with Crippen LogP contribution in [0.2, 0.25) is 0 Å². The number of ether oxygens (including phenoxy) is 1. The summed E-state index contributed by atoms with van der Waals surface area (Å²) in [6, 6.07) is 14.2. The molecule has 1 aliphatic carbocycles. The van der Waals surface area contributed by atoms with Crippen molar-refractivity contribution in [3.05, 3.63) is 77.9 Å². The number of anilines is 2. The third-order valence-corrected chi connectivity index (χ3v) is 9.36. The highest BCUT2D eigenvalue weighted by molar-refractivity contribution is 5.89. The summed E-state index contributed by atoms with van der Waals surface area (Å²) in [7, 11) is 0. The molecular weight excluding hydrogens is 596 g/mol. The lowest BCUT2D eigenvalue weighted by molar-refractivity contribution is 0.171. The Kier molecular flexibility index (Phi) is 8.54. The predicted molar refractivity (Wildman–Crippen MR) is 178 cm³/mol. The molecule has 2 amide bonds. The number of carbonyl (C=O) groups is 1. The highest BCUT2D eigenvalue weighted by Gasteiger charge is 2.31. The van der Waals surface area contributed by atoms with Gasteiger partial charge in [0.1, 0.15) is 23.4 Å². The normalized spacial score (nSPS) is 21.1. The first-order valence-electron chi connectivity index (χ1n) is 16.6. The number of piperidine rings is 1. The van der Waals surface area contributed by atoms with Crippen molar-refractivity contribution in [1.29, 1.82) is 0 Å². The van der Waals surface area contributed by atoms with Crippen LogP contribution in [0.25, 0.3) is 11.3 Å². The lowest BCUT2D eigenvalue weighted by Gasteiger charge is -2.39. The highest BCUT2D eigenvalue weighted by Crippen LogP contribution is 2.39. The van der Waals surface area contributed by atoms with Gasteiger partial charge in [0.15, 0.2) is 5.65 Å². The molecule has 1 aliphatic heterocycles. The average Bonchev–Trinajstić information content (AvgIpc) is 3.81. The molecule has 246 valence electrons. The fourth-order valence-corrected chi connectivity index (χ4v) is 6.99. The molecule has 4 aromatic heterocycles. The zero-order valence-electron chi connectivity index (χ0n) is 27.1. The number of aliphatic hydroxyl groups is 1. The van der Waals surface area contributed by atoms with Crippen molar-refractivity contribution in [1.82, 2.24) is 39.5 Å². The number of urea groups is 1. The van der Waals surface area contributed by atoms with Crippen LogP contribution in [-0.4, -0.2) is 64.0 Å². The van der Waals surface area contributed by atoms with Gasteiger partial charge < -0.3 is 20.1 Å². The van der Waals surface area contributed by atoms with E-state index in [2.05, 4.69) is 61.9 Å². The van der Waals surface area contributed by atoms with E-state index in [1.165, 1.54) is 6.42 Å². The van der Waals surface area contributed by atoms with E-state index in [0.717, 1.165) is 53.4 Å². The van der Waals surface area contributed by atoms with Gasteiger partial charge in [-0.2, -0.15) is 10.2 Å². The number of benzene rings is 1. The Hall–Kier alpha value is -4.91. The number of aryl methyl sites for hydroxylation is 1. The Bertz CT molecular complexity index is 1850. The van der Waals surface area contributed by atoms with Crippen LogP contribution in [0, 0.1) is 0 Å². The fraction of sp³-hybridized carbons (Fsp3) is 0.441. The summed E-state index contributed by atoms with van der Waals surface area (Å²) in [5, 5.41) is 33.4. The largest absolute Gasteiger partial charge is 0.484 e. The molecule has 7 rings (SSSR count). The second kappa shape index (κ2) is 13.1. The molecule has 4 unspecified atom stereocenters. The number of rotatable bonds is 9. The van der Waals surface area contributed by atoms with Crippen LogP contribution in [0.1, 0.15) is 81.8 Å². The van der Waals surface area contributed by atoms with Crippen molar-refractivity contribution in [2.24, 2.45) is 0 Å². The van der Waals surface area contributed by atoms with Crippen LogP contribution < -0.4 is 20.3 Å². The molecule has 2 aliphatic rings. The first kappa shape index (κ1) is 30.7. The van der Waals surface area contributed by atoms with Crippen LogP contribution in [0.3, 0.4) is 0 Å². The number of nitrogens with one attached hydrogen (secondary N) is 2. The monoisotopic (exact) mass is 638 g/mol. The lowest BCUT2D eigenvalue weighted by Crippen LogP contribution is -2.44. The minimum absolute atomic E-state index is 0.0155. The highest BCUT2D eigenvalue weighted by atomic mass is 16.5. The van der Waals surface area contributed by atoms with Gasteiger partial charge in [0.2, 0.25) is 5.95 Å². The van der Waals surface area contributed by atoms with E-state index in [9.17, 15) is 9.90 Å². The maximum Gasteiger partial charge on any atom is 0.320 e. The molecule has 1 aromatic carbocycles. The van der Waals surface area contributed by atoms with Crippen molar-refractivity contribution < 1.29 is 14.6 Å². The number of aliphatic hydroxyl groups excluding tert-OH is 1. The summed E-state index contributed by atoms with van der Waals surface area (Å²) >= 11 is 0. The molecule has 1 fully saturated rings. The van der Waals surface area contributed by atoms with E-state index in [-0.39, 0.29) is 24.8 Å². The molecule has 5 aromatic rings. The van der Waals surface area contributed by atoms with Crippen molar-refractivity contribution in [2.75, 3.05) is 16.8 Å². The lowest BCUT2D eigenvalue weighted by atomic mass is 9.85. The second-order valence-corrected chi connectivity index (χ2v) is 12.6. The third kappa shape index (κ3) is 6.14. The molecule has 4 atom stereocenters. The van der Waals surface area contributed by atoms with E-state index in [0.29, 0.717) is 43.0 Å². The SMILES string of the molecule is CCc1cc(NC(=O)NC2CCC(Oc3ccc4nnc(N5C(C)CCCC5C)n4c3)c3ccccc32)n(-c2cnn(CCO)c2)n1. The van der Waals surface area contributed by atoms with E-state index in [1.54, 1.807) is 21.8 Å². The summed E-state index contributed by atoms with van der Waals surface area (Å²) in [6.45, 7) is 6.89. The summed E-state index contributed by atoms with van der Waals surface area (Å²) in [5.74, 6) is 2.16. The molecule has 1 saturated heterocycles. The van der Waals surface area contributed by atoms with Crippen LogP contribution in [0.4, 0.5) is 16.6 Å². The molecule has 0 bridgehead atoms. The molecular formula is C34H42N10O3. The number of fused-ring (bicyclic) bond motifs is 2. The van der Waals surface area contributed by atoms with E-state index in [4.69, 9.17) is 4.74 Å². The van der Waals surface area contributed by atoms with Gasteiger partial charge in [0, 0.05) is 18.2 Å². The third-order valence-electron chi connectivity index (χ3n) is 9.36. The van der Waals surface area contributed by atoms with Crippen LogP contribution in [0.5, 0.6) is 5.75 Å². The maximum atomic E-state index is 13.4. The number of hydrogen-bond acceptors (Lipinski definition) is 8. The van der Waals surface area contributed by atoms with Gasteiger partial charge in [-0.1, -0.05) is 31.2 Å². The number of aromatic nitrogens is 7. The zero-order chi connectivity index (χ0) is 32.5. The Balaban J connectivity index is 1.07. The van der Waals surface area contributed by atoms with Gasteiger partial charge in [-0.3, -0.25) is 14.4 Å². The fourth-order valence-electron chi connectivity index (χ4n) is 6.99. The minimum Gasteiger partial charge on any atom is -0.484 e. The number of carbonyl (C=O) groups excluding carboxylic acids is 1. The number of amides is 2. The van der Waals surface area contributed by atoms with Gasteiger partial charge in [0.05, 0.1) is 43.5 Å². The summed E-state index contributed by atoms with van der Waals surface area (Å²) in [5.41, 5.74) is 4.43. The summed E-state index contributed by atoms with van der Waals surface area (Å²) in [6.07, 6.45) is 11.0. The van der Waals surface area contributed by atoms with Crippen molar-refractivity contribution >= 4 is 23.4 Å². The Morgan fingerprint density at radius 3 is 2.62 bits per heavy atom. The number of nitrogens with zero attached hydrogens (tertiary/aromatic N) is 8. The molecule has 0 spiro atoms. The van der Waals surface area contributed by atoms with Gasteiger partial charge >= 0.3 is 6.03 Å². The van der Waals surface area contributed by atoms with E-state index in [1.807, 2.05) is 47.9 Å². The molecule has 3 N–H and O–H groups in total. The molecule has 0 saturated carbocycles. The predicted octanol–water partition coefficient (Wildman–Crippen LogP) is 5.21.